The van der Waals surface area contributed by atoms with Gasteiger partial charge >= 0.3 is 0 Å². The summed E-state index contributed by atoms with van der Waals surface area (Å²) in [7, 11) is 0. The van der Waals surface area contributed by atoms with E-state index in [1.165, 1.54) is 17.4 Å². The van der Waals surface area contributed by atoms with Gasteiger partial charge < -0.3 is 11.5 Å². The molecule has 0 unspecified atom stereocenters. The summed E-state index contributed by atoms with van der Waals surface area (Å²) in [5.74, 6) is -0.350. The van der Waals surface area contributed by atoms with Crippen molar-refractivity contribution in [3.63, 3.8) is 0 Å². The molecule has 4 N–H and O–H groups in total. The summed E-state index contributed by atoms with van der Waals surface area (Å²) < 4.78 is 14.7. The Morgan fingerprint density at radius 1 is 0.885 bits per heavy atom. The molecule has 2 aromatic heterocycles. The molecule has 5 nitrogen and oxygen atoms in total. The van der Waals surface area contributed by atoms with Gasteiger partial charge in [0.05, 0.1) is 22.0 Å². The van der Waals surface area contributed by atoms with Crippen LogP contribution >= 0.6 is 11.3 Å². The third-order valence-corrected chi connectivity index (χ3v) is 4.97. The second-order valence-electron chi connectivity index (χ2n) is 5.57. The van der Waals surface area contributed by atoms with Gasteiger partial charge in [0.1, 0.15) is 5.01 Å². The summed E-state index contributed by atoms with van der Waals surface area (Å²) in [6.45, 7) is 0. The van der Waals surface area contributed by atoms with Gasteiger partial charge in [-0.15, -0.1) is 11.3 Å². The van der Waals surface area contributed by atoms with Gasteiger partial charge in [-0.2, -0.15) is 0 Å². The second kappa shape index (κ2) is 6.53. The smallest absolute Gasteiger partial charge is 0.220 e. The van der Waals surface area contributed by atoms with Gasteiger partial charge in [-0.25, -0.2) is 19.3 Å². The average Bonchev–Trinajstić information content (AvgIpc) is 3.10. The Kier molecular flexibility index (Phi) is 4.06. The van der Waals surface area contributed by atoms with Crippen LogP contribution in [-0.4, -0.2) is 15.0 Å². The Morgan fingerprint density at radius 2 is 1.69 bits per heavy atom. The van der Waals surface area contributed by atoms with Gasteiger partial charge in [-0.1, -0.05) is 36.4 Å². The van der Waals surface area contributed by atoms with Crippen molar-refractivity contribution in [2.75, 3.05) is 11.5 Å². The maximum Gasteiger partial charge on any atom is 0.220 e. The molecule has 7 heteroatoms. The molecular weight excluding hydrogens is 349 g/mol. The van der Waals surface area contributed by atoms with E-state index in [4.69, 9.17) is 11.5 Å². The van der Waals surface area contributed by atoms with Gasteiger partial charge in [-0.05, 0) is 18.2 Å². The molecule has 0 aliphatic heterocycles. The molecule has 0 spiro atoms. The lowest BCUT2D eigenvalue weighted by atomic mass is 10.1. The molecule has 128 valence electrons. The van der Waals surface area contributed by atoms with E-state index in [9.17, 15) is 4.39 Å². The molecule has 2 heterocycles. The van der Waals surface area contributed by atoms with Crippen LogP contribution in [0.15, 0.2) is 60.8 Å². The zero-order chi connectivity index (χ0) is 18.1. The van der Waals surface area contributed by atoms with Gasteiger partial charge in [0.2, 0.25) is 5.95 Å². The lowest BCUT2D eigenvalue weighted by Gasteiger charge is -2.05. The van der Waals surface area contributed by atoms with E-state index in [2.05, 4.69) is 15.0 Å². The molecule has 2 aromatic carbocycles. The molecule has 26 heavy (non-hydrogen) atoms. The van der Waals surface area contributed by atoms with Crippen LogP contribution < -0.4 is 11.5 Å². The fourth-order valence-electron chi connectivity index (χ4n) is 2.61. The molecule has 0 fully saturated rings. The largest absolute Gasteiger partial charge is 0.396 e. The molecule has 0 amide bonds. The molecule has 0 bridgehead atoms. The quantitative estimate of drug-likeness (QED) is 0.531. The Morgan fingerprint density at radius 3 is 2.46 bits per heavy atom. The highest BCUT2D eigenvalue weighted by Gasteiger charge is 2.20. The first-order valence-corrected chi connectivity index (χ1v) is 8.64. The number of hydrogen-bond donors (Lipinski definition) is 2. The first-order valence-electron chi connectivity index (χ1n) is 7.83. The number of halogens is 1. The van der Waals surface area contributed by atoms with Crippen molar-refractivity contribution in [2.45, 2.75) is 0 Å². The molecule has 0 aliphatic rings. The first-order chi connectivity index (χ1) is 12.6. The number of thiazole rings is 1. The highest BCUT2D eigenvalue weighted by molar-refractivity contribution is 7.18. The van der Waals surface area contributed by atoms with Crippen LogP contribution in [0.25, 0.3) is 32.4 Å². The van der Waals surface area contributed by atoms with E-state index in [0.717, 1.165) is 10.6 Å². The molecule has 4 rings (SSSR count). The number of nitrogens with zero attached hydrogens (tertiary/aromatic N) is 3. The molecule has 0 radical (unpaired) electrons. The number of benzene rings is 2. The summed E-state index contributed by atoms with van der Waals surface area (Å²) in [5, 5.41) is 0.759. The Labute approximate surface area is 153 Å². The third-order valence-electron chi connectivity index (χ3n) is 3.84. The molecule has 0 saturated heterocycles. The predicted molar refractivity (Wildman–Crippen MR) is 103 cm³/mol. The van der Waals surface area contributed by atoms with E-state index in [-0.39, 0.29) is 11.6 Å². The molecular formula is C19H14FN5S. The van der Waals surface area contributed by atoms with Crippen LogP contribution in [0.3, 0.4) is 0 Å². The lowest BCUT2D eigenvalue weighted by Crippen LogP contribution is -1.97. The van der Waals surface area contributed by atoms with Crippen molar-refractivity contribution in [3.05, 3.63) is 66.6 Å². The Bertz CT molecular complexity index is 1080. The number of nitrogens with two attached hydrogens (primary N) is 2. The van der Waals surface area contributed by atoms with Crippen molar-refractivity contribution < 1.29 is 4.39 Å². The van der Waals surface area contributed by atoms with Gasteiger partial charge in [0.15, 0.2) is 5.82 Å². The van der Waals surface area contributed by atoms with Gasteiger partial charge in [-0.3, -0.25) is 0 Å². The van der Waals surface area contributed by atoms with E-state index in [1.807, 2.05) is 30.3 Å². The number of nitrogen functional groups attached to an aromatic ring is 2. The van der Waals surface area contributed by atoms with Crippen molar-refractivity contribution in [1.29, 1.82) is 0 Å². The minimum absolute atomic E-state index is 0.0740. The number of aromatic nitrogens is 3. The van der Waals surface area contributed by atoms with Crippen LogP contribution in [0.1, 0.15) is 0 Å². The number of rotatable bonds is 3. The van der Waals surface area contributed by atoms with E-state index in [1.54, 1.807) is 24.4 Å². The summed E-state index contributed by atoms with van der Waals surface area (Å²) >= 11 is 1.42. The van der Waals surface area contributed by atoms with Gasteiger partial charge in [0, 0.05) is 17.3 Å². The minimum atomic E-state index is -0.499. The average molecular weight is 363 g/mol. The molecule has 0 atom stereocenters. The SMILES string of the molecule is Nc1nccc(-c2sc(-c3ccccc3)nc2-c2cccc(N)c2F)n1. The number of anilines is 2. The minimum Gasteiger partial charge on any atom is -0.396 e. The normalized spacial score (nSPS) is 10.8. The molecule has 4 aromatic rings. The van der Waals surface area contributed by atoms with Crippen LogP contribution in [-0.2, 0) is 0 Å². The van der Waals surface area contributed by atoms with Crippen LogP contribution in [0.2, 0.25) is 0 Å². The summed E-state index contributed by atoms with van der Waals surface area (Å²) in [5.41, 5.74) is 13.9. The fraction of sp³-hybridized carbons (Fsp3) is 0. The van der Waals surface area contributed by atoms with Crippen LogP contribution in [0, 0.1) is 5.82 Å². The van der Waals surface area contributed by atoms with Crippen molar-refractivity contribution >= 4 is 23.0 Å². The van der Waals surface area contributed by atoms with Gasteiger partial charge in [0.25, 0.3) is 0 Å². The zero-order valence-electron chi connectivity index (χ0n) is 13.6. The van der Waals surface area contributed by atoms with Crippen molar-refractivity contribution in [2.24, 2.45) is 0 Å². The Hall–Kier alpha value is -3.32. The number of hydrogen-bond acceptors (Lipinski definition) is 6. The van der Waals surface area contributed by atoms with E-state index < -0.39 is 5.82 Å². The Balaban J connectivity index is 1.97. The van der Waals surface area contributed by atoms with E-state index in [0.29, 0.717) is 21.8 Å². The first kappa shape index (κ1) is 16.2. The highest BCUT2D eigenvalue weighted by atomic mass is 32.1. The second-order valence-corrected chi connectivity index (χ2v) is 6.57. The zero-order valence-corrected chi connectivity index (χ0v) is 14.4. The van der Waals surface area contributed by atoms with Crippen LogP contribution in [0.4, 0.5) is 16.0 Å². The summed E-state index contributed by atoms with van der Waals surface area (Å²) in [6, 6.07) is 16.3. The monoisotopic (exact) mass is 363 g/mol. The highest BCUT2D eigenvalue weighted by Crippen LogP contribution is 2.41. The topological polar surface area (TPSA) is 90.7 Å². The van der Waals surface area contributed by atoms with Crippen molar-refractivity contribution in [1.82, 2.24) is 15.0 Å². The maximum absolute atomic E-state index is 14.7. The third kappa shape index (κ3) is 2.89. The van der Waals surface area contributed by atoms with Crippen molar-refractivity contribution in [3.8, 4) is 32.4 Å². The molecule has 0 saturated carbocycles. The lowest BCUT2D eigenvalue weighted by molar-refractivity contribution is 0.635. The summed E-state index contributed by atoms with van der Waals surface area (Å²) in [6.07, 6.45) is 1.57. The predicted octanol–water partition coefficient (Wildman–Crippen LogP) is 4.24. The standard InChI is InChI=1S/C19H14FN5S/c20-15-12(7-4-8-13(15)21)16-17(14-9-10-23-19(22)24-14)26-18(25-16)11-5-2-1-3-6-11/h1-10H,21H2,(H2,22,23,24). The van der Waals surface area contributed by atoms with Crippen LogP contribution in [0.5, 0.6) is 0 Å². The maximum atomic E-state index is 14.7. The molecule has 0 aliphatic carbocycles. The van der Waals surface area contributed by atoms with E-state index >= 15 is 0 Å². The fourth-order valence-corrected chi connectivity index (χ4v) is 3.67. The summed E-state index contributed by atoms with van der Waals surface area (Å²) in [4.78, 5) is 13.6.